The molecule has 0 radical (unpaired) electrons. The SMILES string of the molecule is O=C(C[18F])N(Cc1cccc2c1OCOC2)c1ccccc1Oc1ccccc1. The van der Waals surface area contributed by atoms with Crippen LogP contribution in [0.25, 0.3) is 0 Å². The Morgan fingerprint density at radius 1 is 1.00 bits per heavy atom. The summed E-state index contributed by atoms with van der Waals surface area (Å²) >= 11 is 0. The predicted molar refractivity (Wildman–Crippen MR) is 107 cm³/mol. The number of hydrogen-bond donors (Lipinski definition) is 0. The van der Waals surface area contributed by atoms with E-state index in [0.717, 1.165) is 11.1 Å². The lowest BCUT2D eigenvalue weighted by atomic mass is 10.1. The number of alkyl halides is 1. The van der Waals surface area contributed by atoms with Crippen LogP contribution in [0.5, 0.6) is 17.2 Å². The van der Waals surface area contributed by atoms with Crippen molar-refractivity contribution >= 4 is 11.6 Å². The van der Waals surface area contributed by atoms with Crippen molar-refractivity contribution in [2.45, 2.75) is 13.2 Å². The molecule has 29 heavy (non-hydrogen) atoms. The van der Waals surface area contributed by atoms with Crippen LogP contribution in [0.4, 0.5) is 10.1 Å². The van der Waals surface area contributed by atoms with Gasteiger partial charge in [0.2, 0.25) is 0 Å². The highest BCUT2D eigenvalue weighted by Crippen LogP contribution is 2.35. The average molecular weight is 392 g/mol. The summed E-state index contributed by atoms with van der Waals surface area (Å²) in [6, 6.07) is 22.0. The van der Waals surface area contributed by atoms with Gasteiger partial charge in [0, 0.05) is 11.1 Å². The van der Waals surface area contributed by atoms with Gasteiger partial charge in [0.15, 0.2) is 19.2 Å². The van der Waals surface area contributed by atoms with Crippen LogP contribution in [0, 0.1) is 0 Å². The van der Waals surface area contributed by atoms with Gasteiger partial charge in [-0.3, -0.25) is 4.79 Å². The van der Waals surface area contributed by atoms with Gasteiger partial charge in [-0.15, -0.1) is 0 Å². The van der Waals surface area contributed by atoms with E-state index in [9.17, 15) is 9.18 Å². The van der Waals surface area contributed by atoms with E-state index < -0.39 is 12.6 Å². The highest BCUT2D eigenvalue weighted by molar-refractivity contribution is 5.95. The first-order valence-corrected chi connectivity index (χ1v) is 9.26. The molecule has 3 aromatic carbocycles. The molecule has 0 saturated heterocycles. The first-order valence-electron chi connectivity index (χ1n) is 9.26. The molecule has 0 bridgehead atoms. The number of amides is 1. The van der Waals surface area contributed by atoms with Crippen LogP contribution in [0.2, 0.25) is 0 Å². The predicted octanol–water partition coefficient (Wildman–Crippen LogP) is 4.85. The Balaban J connectivity index is 1.69. The monoisotopic (exact) mass is 392 g/mol. The van der Waals surface area contributed by atoms with Crippen LogP contribution in [0.1, 0.15) is 11.1 Å². The zero-order chi connectivity index (χ0) is 20.1. The first kappa shape index (κ1) is 19.0. The fraction of sp³-hybridized carbons (Fsp3) is 0.174. The molecule has 5 nitrogen and oxygen atoms in total. The van der Waals surface area contributed by atoms with E-state index in [2.05, 4.69) is 0 Å². The van der Waals surface area contributed by atoms with Crippen LogP contribution in [-0.4, -0.2) is 19.4 Å². The number of rotatable bonds is 6. The average Bonchev–Trinajstić information content (AvgIpc) is 2.78. The minimum atomic E-state index is -1.11. The maximum atomic E-state index is 13.4. The zero-order valence-corrected chi connectivity index (χ0v) is 15.7. The number of benzene rings is 3. The Morgan fingerprint density at radius 2 is 1.79 bits per heavy atom. The molecule has 0 fully saturated rings. The fourth-order valence-electron chi connectivity index (χ4n) is 3.25. The largest absolute Gasteiger partial charge is 0.467 e. The maximum Gasteiger partial charge on any atom is 0.258 e. The molecule has 1 aliphatic rings. The van der Waals surface area contributed by atoms with Crippen molar-refractivity contribution in [2.75, 3.05) is 18.4 Å². The summed E-state index contributed by atoms with van der Waals surface area (Å²) in [6.07, 6.45) is 0. The Labute approximate surface area is 168 Å². The molecule has 3 aromatic rings. The van der Waals surface area contributed by atoms with E-state index in [1.807, 2.05) is 54.6 Å². The molecule has 6 heteroatoms. The molecular formula is C23H20FNO4. The molecule has 0 spiro atoms. The summed E-state index contributed by atoms with van der Waals surface area (Å²) in [7, 11) is 0. The second-order valence-corrected chi connectivity index (χ2v) is 6.51. The zero-order valence-electron chi connectivity index (χ0n) is 15.7. The third-order valence-corrected chi connectivity index (χ3v) is 4.59. The molecule has 0 atom stereocenters. The Hall–Kier alpha value is -3.38. The van der Waals surface area contributed by atoms with Crippen molar-refractivity contribution < 1.29 is 23.4 Å². The second kappa shape index (κ2) is 8.75. The summed E-state index contributed by atoms with van der Waals surface area (Å²) in [5, 5.41) is 0. The summed E-state index contributed by atoms with van der Waals surface area (Å²) in [4.78, 5) is 13.9. The molecule has 0 aliphatic carbocycles. The highest BCUT2D eigenvalue weighted by atomic mass is 18.2. The first-order chi connectivity index (χ1) is 14.3. The standard InChI is InChI=1S/C23H20FNO4/c24-13-22(26)25(14-17-7-6-8-18-15-27-16-28-23(17)18)20-11-4-5-12-21(20)29-19-9-2-1-3-10-19/h1-12H,13-16H2/i24-1. The summed E-state index contributed by atoms with van der Waals surface area (Å²) in [5.74, 6) is 1.12. The number of anilines is 1. The second-order valence-electron chi connectivity index (χ2n) is 6.51. The third-order valence-electron chi connectivity index (χ3n) is 4.59. The van der Waals surface area contributed by atoms with Crippen molar-refractivity contribution in [1.29, 1.82) is 0 Å². The number of carbonyl (C=O) groups excluding carboxylic acids is 1. The van der Waals surface area contributed by atoms with Crippen LogP contribution in [0.15, 0.2) is 72.8 Å². The fourth-order valence-corrected chi connectivity index (χ4v) is 3.25. The number of fused-ring (bicyclic) bond motifs is 1. The van der Waals surface area contributed by atoms with E-state index >= 15 is 0 Å². The molecular weight excluding hydrogens is 372 g/mol. The van der Waals surface area contributed by atoms with Gasteiger partial charge in [-0.25, -0.2) is 4.39 Å². The maximum absolute atomic E-state index is 13.4. The topological polar surface area (TPSA) is 48.0 Å². The molecule has 0 aromatic heterocycles. The van der Waals surface area contributed by atoms with Gasteiger partial charge in [0.05, 0.1) is 18.8 Å². The lowest BCUT2D eigenvalue weighted by Gasteiger charge is -2.27. The van der Waals surface area contributed by atoms with E-state index in [1.54, 1.807) is 18.2 Å². The number of hydrogen-bond acceptors (Lipinski definition) is 4. The highest BCUT2D eigenvalue weighted by Gasteiger charge is 2.23. The Bertz CT molecular complexity index is 993. The third kappa shape index (κ3) is 4.22. The van der Waals surface area contributed by atoms with E-state index in [4.69, 9.17) is 14.2 Å². The summed E-state index contributed by atoms with van der Waals surface area (Å²) < 4.78 is 30.4. The van der Waals surface area contributed by atoms with Gasteiger partial charge in [-0.05, 0) is 24.3 Å². The normalized spacial score (nSPS) is 12.6. The lowest BCUT2D eigenvalue weighted by Crippen LogP contribution is -2.32. The molecule has 148 valence electrons. The molecule has 0 N–H and O–H groups in total. The summed E-state index contributed by atoms with van der Waals surface area (Å²) in [5.41, 5.74) is 2.17. The van der Waals surface area contributed by atoms with Crippen LogP contribution >= 0.6 is 0 Å². The molecule has 0 unspecified atom stereocenters. The molecule has 0 saturated carbocycles. The van der Waals surface area contributed by atoms with Crippen molar-refractivity contribution in [3.05, 3.63) is 83.9 Å². The number of ether oxygens (including phenoxy) is 3. The number of carbonyl (C=O) groups is 1. The molecule has 1 heterocycles. The van der Waals surface area contributed by atoms with Crippen molar-refractivity contribution in [2.24, 2.45) is 0 Å². The molecule has 4 rings (SSSR count). The quantitative estimate of drug-likeness (QED) is 0.602. The van der Waals surface area contributed by atoms with E-state index in [1.165, 1.54) is 4.90 Å². The number of halogens is 1. The van der Waals surface area contributed by atoms with Gasteiger partial charge in [-0.1, -0.05) is 48.5 Å². The smallest absolute Gasteiger partial charge is 0.258 e. The Morgan fingerprint density at radius 3 is 2.62 bits per heavy atom. The molecule has 1 aliphatic heterocycles. The van der Waals surface area contributed by atoms with Crippen LogP contribution in [0.3, 0.4) is 0 Å². The van der Waals surface area contributed by atoms with Crippen molar-refractivity contribution in [1.82, 2.24) is 0 Å². The van der Waals surface area contributed by atoms with Crippen molar-refractivity contribution in [3.63, 3.8) is 0 Å². The number of para-hydroxylation sites is 4. The van der Waals surface area contributed by atoms with Gasteiger partial charge >= 0.3 is 0 Å². The number of nitrogens with zero attached hydrogens (tertiary/aromatic N) is 1. The molecule has 1 amide bonds. The Kier molecular flexibility index (Phi) is 5.72. The van der Waals surface area contributed by atoms with Gasteiger partial charge in [0.25, 0.3) is 5.91 Å². The lowest BCUT2D eigenvalue weighted by molar-refractivity contribution is -0.119. The van der Waals surface area contributed by atoms with Gasteiger partial charge < -0.3 is 19.1 Å². The van der Waals surface area contributed by atoms with Gasteiger partial charge in [-0.2, -0.15) is 0 Å². The van der Waals surface area contributed by atoms with E-state index in [-0.39, 0.29) is 13.3 Å². The van der Waals surface area contributed by atoms with Crippen LogP contribution in [-0.2, 0) is 22.7 Å². The minimum Gasteiger partial charge on any atom is -0.467 e. The minimum absolute atomic E-state index is 0.148. The van der Waals surface area contributed by atoms with Crippen molar-refractivity contribution in [3.8, 4) is 17.2 Å². The van der Waals surface area contributed by atoms with Crippen LogP contribution < -0.4 is 14.4 Å². The van der Waals surface area contributed by atoms with Gasteiger partial charge in [0.1, 0.15) is 11.5 Å². The summed E-state index contributed by atoms with van der Waals surface area (Å²) in [6.45, 7) is -0.373. The van der Waals surface area contributed by atoms with E-state index in [0.29, 0.717) is 29.5 Å².